The molecule has 0 heterocycles. The third-order valence-corrected chi connectivity index (χ3v) is 5.98. The van der Waals surface area contributed by atoms with Crippen LogP contribution in [0.1, 0.15) is 76.6 Å². The Bertz CT molecular complexity index is 867. The molecule has 2 aromatic rings. The van der Waals surface area contributed by atoms with Crippen molar-refractivity contribution in [2.24, 2.45) is 5.73 Å². The average molecular weight is 499 g/mol. The molecule has 0 aromatic heterocycles. The number of ether oxygens (including phenoxy) is 2. The maximum atomic E-state index is 12.5. The van der Waals surface area contributed by atoms with Gasteiger partial charge in [-0.05, 0) is 37.8 Å². The van der Waals surface area contributed by atoms with Gasteiger partial charge in [0.1, 0.15) is 0 Å². The van der Waals surface area contributed by atoms with Gasteiger partial charge >= 0.3 is 12.2 Å². The van der Waals surface area contributed by atoms with Gasteiger partial charge in [-0.2, -0.15) is 0 Å². The number of rotatable bonds is 14. The zero-order valence-corrected chi connectivity index (χ0v) is 22.0. The summed E-state index contributed by atoms with van der Waals surface area (Å²) in [5.74, 6) is 0. The van der Waals surface area contributed by atoms with Crippen LogP contribution in [0, 0.1) is 0 Å². The molecule has 0 fully saturated rings. The van der Waals surface area contributed by atoms with Crippen LogP contribution in [0.25, 0.3) is 0 Å². The fourth-order valence-corrected chi connectivity index (χ4v) is 4.07. The van der Waals surface area contributed by atoms with Crippen molar-refractivity contribution in [3.05, 3.63) is 71.8 Å². The van der Waals surface area contributed by atoms with Crippen molar-refractivity contribution in [3.8, 4) is 0 Å². The summed E-state index contributed by atoms with van der Waals surface area (Å²) in [4.78, 5) is 26.9. The highest BCUT2D eigenvalue weighted by Crippen LogP contribution is 2.36. The summed E-state index contributed by atoms with van der Waals surface area (Å²) in [6, 6.07) is 18.5. The van der Waals surface area contributed by atoms with Crippen LogP contribution in [0.3, 0.4) is 0 Å². The molecule has 0 aliphatic rings. The van der Waals surface area contributed by atoms with Gasteiger partial charge in [-0.25, -0.2) is 14.5 Å². The first-order valence-corrected chi connectivity index (χ1v) is 12.9. The fourth-order valence-electron chi connectivity index (χ4n) is 4.07. The van der Waals surface area contributed by atoms with Crippen molar-refractivity contribution in [2.45, 2.75) is 77.9 Å². The third-order valence-electron chi connectivity index (χ3n) is 5.98. The van der Waals surface area contributed by atoms with Gasteiger partial charge in [-0.1, -0.05) is 87.4 Å². The van der Waals surface area contributed by atoms with Gasteiger partial charge in [0.25, 0.3) is 0 Å². The summed E-state index contributed by atoms with van der Waals surface area (Å²) in [7, 11) is 0. The second-order valence-corrected chi connectivity index (χ2v) is 8.81. The highest BCUT2D eigenvalue weighted by Gasteiger charge is 2.37. The van der Waals surface area contributed by atoms with Crippen LogP contribution in [0.5, 0.6) is 0 Å². The Balaban J connectivity index is 2.39. The van der Waals surface area contributed by atoms with Gasteiger partial charge in [-0.3, -0.25) is 0 Å². The zero-order chi connectivity index (χ0) is 26.3. The lowest BCUT2D eigenvalue weighted by atomic mass is 9.92. The minimum atomic E-state index is -0.745. The topological polar surface area (TPSA) is 106 Å². The fraction of sp³-hybridized carbons (Fsp3) is 0.500. The molecule has 198 valence electrons. The van der Waals surface area contributed by atoms with Gasteiger partial charge in [0.2, 0.25) is 0 Å². The van der Waals surface area contributed by atoms with E-state index in [1.54, 1.807) is 13.8 Å². The van der Waals surface area contributed by atoms with E-state index in [2.05, 4.69) is 24.5 Å². The summed E-state index contributed by atoms with van der Waals surface area (Å²) < 4.78 is 11.5. The molecule has 2 rings (SSSR count). The van der Waals surface area contributed by atoms with E-state index in [4.69, 9.17) is 15.2 Å². The van der Waals surface area contributed by atoms with Crippen molar-refractivity contribution in [3.63, 3.8) is 0 Å². The number of unbranched alkanes of at least 4 members (excludes halogenated alkanes) is 2. The molecule has 0 radical (unpaired) electrons. The number of carbonyl (C=O) groups excluding carboxylic acids is 2. The Morgan fingerprint density at radius 3 is 1.61 bits per heavy atom. The van der Waals surface area contributed by atoms with E-state index >= 15 is 0 Å². The quantitative estimate of drug-likeness (QED) is 0.235. The molecule has 4 atom stereocenters. The van der Waals surface area contributed by atoms with Gasteiger partial charge in [-0.15, -0.1) is 0 Å². The molecule has 0 saturated carbocycles. The molecule has 4 unspecified atom stereocenters. The predicted octanol–water partition coefficient (Wildman–Crippen LogP) is 5.47. The van der Waals surface area contributed by atoms with Gasteiger partial charge in [0.15, 0.2) is 12.5 Å². The Kier molecular flexibility index (Phi) is 12.8. The van der Waals surface area contributed by atoms with Crippen LogP contribution in [-0.2, 0) is 9.47 Å². The number of carbonyl (C=O) groups is 2. The second-order valence-electron chi connectivity index (χ2n) is 8.81. The number of benzene rings is 2. The Hall–Kier alpha value is -3.10. The van der Waals surface area contributed by atoms with Crippen molar-refractivity contribution >= 4 is 12.2 Å². The highest BCUT2D eigenvalue weighted by molar-refractivity contribution is 5.67. The van der Waals surface area contributed by atoms with E-state index in [1.807, 2.05) is 65.6 Å². The van der Waals surface area contributed by atoms with Crippen LogP contribution < -0.4 is 16.4 Å². The first-order valence-electron chi connectivity index (χ1n) is 12.9. The lowest BCUT2D eigenvalue weighted by Gasteiger charge is -2.42. The van der Waals surface area contributed by atoms with Crippen molar-refractivity contribution in [1.82, 2.24) is 15.5 Å². The SMILES string of the molecule is CCCCNC(=O)OC(C)N(C(C)OC(=O)NCCCC)C(c1ccccc1)C(N)c1ccccc1. The summed E-state index contributed by atoms with van der Waals surface area (Å²) in [6.07, 6.45) is 1.09. The highest BCUT2D eigenvalue weighted by atomic mass is 16.6. The van der Waals surface area contributed by atoms with Crippen LogP contribution >= 0.6 is 0 Å². The normalized spacial score (nSPS) is 14.4. The average Bonchev–Trinajstić information content (AvgIpc) is 2.88. The molecule has 4 N–H and O–H groups in total. The lowest BCUT2D eigenvalue weighted by molar-refractivity contribution is -0.120. The van der Waals surface area contributed by atoms with Crippen molar-refractivity contribution in [2.75, 3.05) is 13.1 Å². The van der Waals surface area contributed by atoms with Crippen LogP contribution in [0.15, 0.2) is 60.7 Å². The summed E-state index contributed by atoms with van der Waals surface area (Å²) in [5.41, 5.74) is 8.68. The monoisotopic (exact) mass is 498 g/mol. The summed E-state index contributed by atoms with van der Waals surface area (Å²) in [5, 5.41) is 5.57. The largest absolute Gasteiger partial charge is 0.430 e. The van der Waals surface area contributed by atoms with E-state index in [0.29, 0.717) is 13.1 Å². The number of hydrogen-bond donors (Lipinski definition) is 3. The number of nitrogens with two attached hydrogens (primary N) is 1. The zero-order valence-electron chi connectivity index (χ0n) is 22.0. The molecule has 0 spiro atoms. The molecule has 2 amide bonds. The van der Waals surface area contributed by atoms with Crippen LogP contribution in [0.4, 0.5) is 9.59 Å². The number of nitrogens with one attached hydrogen (secondary N) is 2. The summed E-state index contributed by atoms with van der Waals surface area (Å²) >= 11 is 0. The number of hydrogen-bond acceptors (Lipinski definition) is 6. The van der Waals surface area contributed by atoms with E-state index in [0.717, 1.165) is 36.8 Å². The molecule has 8 heteroatoms. The number of alkyl carbamates (subject to hydrolysis) is 2. The van der Waals surface area contributed by atoms with E-state index < -0.39 is 36.7 Å². The van der Waals surface area contributed by atoms with E-state index in [-0.39, 0.29) is 0 Å². The number of amides is 2. The minimum Gasteiger partial charge on any atom is -0.430 e. The molecule has 0 saturated heterocycles. The first kappa shape index (κ1) is 29.1. The smallest absolute Gasteiger partial charge is 0.408 e. The van der Waals surface area contributed by atoms with E-state index in [9.17, 15) is 9.59 Å². The molecular weight excluding hydrogens is 456 g/mol. The summed E-state index contributed by atoms with van der Waals surface area (Å²) in [6.45, 7) is 8.69. The third kappa shape index (κ3) is 9.17. The molecular formula is C28H42N4O4. The second kappa shape index (κ2) is 15.8. The molecule has 0 aliphatic carbocycles. The standard InChI is InChI=1S/C28H42N4O4/c1-5-7-19-30-27(33)35-21(3)32(22(4)36-28(34)31-20-8-6-2)26(24-17-13-10-14-18-24)25(29)23-15-11-9-12-16-23/h9-18,21-22,25-26H,5-8,19-20,29H2,1-4H3,(H,30,33)(H,31,34). The van der Waals surface area contributed by atoms with Gasteiger partial charge in [0.05, 0.1) is 6.04 Å². The Morgan fingerprint density at radius 2 is 1.19 bits per heavy atom. The maximum Gasteiger partial charge on any atom is 0.408 e. The Morgan fingerprint density at radius 1 is 0.778 bits per heavy atom. The lowest BCUT2D eigenvalue weighted by Crippen LogP contribution is -2.51. The molecule has 0 bridgehead atoms. The number of nitrogens with zero attached hydrogens (tertiary/aromatic N) is 1. The molecule has 0 aliphatic heterocycles. The van der Waals surface area contributed by atoms with Gasteiger partial charge in [0, 0.05) is 19.1 Å². The van der Waals surface area contributed by atoms with Crippen molar-refractivity contribution < 1.29 is 19.1 Å². The molecule has 8 nitrogen and oxygen atoms in total. The van der Waals surface area contributed by atoms with Crippen LogP contribution in [-0.4, -0.2) is 42.6 Å². The predicted molar refractivity (Wildman–Crippen MR) is 142 cm³/mol. The Labute approximate surface area is 215 Å². The first-order chi connectivity index (χ1) is 17.4. The van der Waals surface area contributed by atoms with E-state index in [1.165, 1.54) is 0 Å². The molecule has 2 aromatic carbocycles. The molecule has 36 heavy (non-hydrogen) atoms. The minimum absolute atomic E-state index is 0.453. The van der Waals surface area contributed by atoms with Crippen molar-refractivity contribution in [1.29, 1.82) is 0 Å². The van der Waals surface area contributed by atoms with Gasteiger partial charge < -0.3 is 25.8 Å². The van der Waals surface area contributed by atoms with Crippen LogP contribution in [0.2, 0.25) is 0 Å². The maximum absolute atomic E-state index is 12.5.